The molecule has 0 atom stereocenters. The lowest BCUT2D eigenvalue weighted by molar-refractivity contribution is 0.0998. The molecule has 2 heterocycles. The van der Waals surface area contributed by atoms with E-state index < -0.39 is 23.0 Å². The molecule has 2 aromatic heterocycles. The van der Waals surface area contributed by atoms with Crippen LogP contribution in [0.25, 0.3) is 16.8 Å². The van der Waals surface area contributed by atoms with Crippen molar-refractivity contribution in [1.82, 2.24) is 9.55 Å². The molecule has 0 bridgehead atoms. The van der Waals surface area contributed by atoms with Gasteiger partial charge in [0.1, 0.15) is 16.4 Å². The number of aromatic nitrogens is 2. The first-order valence-corrected chi connectivity index (χ1v) is 14.3. The third-order valence-corrected chi connectivity index (χ3v) is 7.38. The fourth-order valence-corrected chi connectivity index (χ4v) is 4.95. The number of nitrogens with zero attached hydrogens (tertiary/aromatic N) is 3. The van der Waals surface area contributed by atoms with Crippen LogP contribution in [-0.2, 0) is 0 Å². The number of ether oxygens (including phenoxy) is 1. The van der Waals surface area contributed by atoms with E-state index in [1.807, 2.05) is 60.7 Å². The lowest BCUT2D eigenvalue weighted by Crippen LogP contribution is -2.24. The number of primary amides is 1. The Morgan fingerprint density at radius 2 is 1.48 bits per heavy atom. The van der Waals surface area contributed by atoms with E-state index in [9.17, 15) is 14.0 Å². The second-order valence-corrected chi connectivity index (χ2v) is 10.4. The van der Waals surface area contributed by atoms with Gasteiger partial charge in [0, 0.05) is 53.1 Å². The first-order valence-electron chi connectivity index (χ1n) is 13.9. The van der Waals surface area contributed by atoms with Crippen LogP contribution in [0.5, 0.6) is 11.5 Å². The number of aliphatic imine (C=N–C) groups is 1. The van der Waals surface area contributed by atoms with Crippen molar-refractivity contribution >= 4 is 29.0 Å². The Morgan fingerprint density at radius 3 is 2.09 bits per heavy atom. The van der Waals surface area contributed by atoms with Gasteiger partial charge in [-0.3, -0.25) is 9.59 Å². The van der Waals surface area contributed by atoms with Crippen molar-refractivity contribution in [2.45, 2.75) is 0 Å². The van der Waals surface area contributed by atoms with Gasteiger partial charge < -0.3 is 15.0 Å². The number of carbonyl (C=O) groups is 1. The summed E-state index contributed by atoms with van der Waals surface area (Å²) in [5, 5.41) is 0.0748. The first kappa shape index (κ1) is 30.1. The molecule has 226 valence electrons. The van der Waals surface area contributed by atoms with Crippen molar-refractivity contribution in [3.63, 3.8) is 0 Å². The molecule has 10 heteroatoms. The Kier molecular flexibility index (Phi) is 8.49. The fourth-order valence-electron chi connectivity index (χ4n) is 4.76. The third kappa shape index (κ3) is 6.31. The van der Waals surface area contributed by atoms with Crippen LogP contribution in [0.15, 0.2) is 138 Å². The van der Waals surface area contributed by atoms with Crippen molar-refractivity contribution in [1.29, 1.82) is 0 Å². The smallest absolute Gasteiger partial charge is 0.254 e. The number of halogens is 3. The highest BCUT2D eigenvalue weighted by atomic mass is 35.5. The molecule has 0 unspecified atom stereocenters. The van der Waals surface area contributed by atoms with Gasteiger partial charge in [-0.15, -0.1) is 0 Å². The minimum Gasteiger partial charge on any atom is -0.453 e. The van der Waals surface area contributed by atoms with Crippen LogP contribution in [0.2, 0.25) is 5.02 Å². The van der Waals surface area contributed by atoms with Gasteiger partial charge in [0.25, 0.3) is 5.91 Å². The summed E-state index contributed by atoms with van der Waals surface area (Å²) in [5.74, 6) is -2.05. The Morgan fingerprint density at radius 1 is 0.826 bits per heavy atom. The number of benzene rings is 4. The Bertz CT molecular complexity index is 2110. The third-order valence-electron chi connectivity index (χ3n) is 7.03. The van der Waals surface area contributed by atoms with E-state index in [2.05, 4.69) is 4.98 Å². The number of rotatable bonds is 8. The molecule has 4 aromatic carbocycles. The van der Waals surface area contributed by atoms with Crippen LogP contribution in [0, 0.1) is 11.6 Å². The summed E-state index contributed by atoms with van der Waals surface area (Å²) in [6, 6.07) is 29.9. The number of amides is 1. The second kappa shape index (κ2) is 13.0. The summed E-state index contributed by atoms with van der Waals surface area (Å²) < 4.78 is 36.2. The zero-order valence-electron chi connectivity index (χ0n) is 23.9. The molecule has 7 nitrogen and oxygen atoms in total. The molecule has 0 spiro atoms. The molecular weight excluding hydrogens is 610 g/mol. The Hall–Kier alpha value is -5.93. The maximum atomic E-state index is 15.5. The van der Waals surface area contributed by atoms with Crippen LogP contribution in [0.4, 0.5) is 14.6 Å². The number of nitrogens with two attached hydrogens (primary N) is 1. The maximum Gasteiger partial charge on any atom is 0.254 e. The quantitative estimate of drug-likeness (QED) is 0.172. The summed E-state index contributed by atoms with van der Waals surface area (Å²) >= 11 is 6.69. The number of hydrogen-bond donors (Lipinski definition) is 1. The predicted octanol–water partition coefficient (Wildman–Crippen LogP) is 7.89. The van der Waals surface area contributed by atoms with Gasteiger partial charge in [0.15, 0.2) is 23.1 Å². The minimum absolute atomic E-state index is 0.0748. The highest BCUT2D eigenvalue weighted by Gasteiger charge is 2.18. The predicted molar refractivity (Wildman–Crippen MR) is 173 cm³/mol. The van der Waals surface area contributed by atoms with Crippen LogP contribution in [0.3, 0.4) is 0 Å². The minimum atomic E-state index is -0.961. The van der Waals surface area contributed by atoms with Crippen LogP contribution in [0.1, 0.15) is 21.5 Å². The standard InChI is InChI=1S/C36H23ClF2N4O3/c37-32-31(17-18-41-36(32)42-33(23-7-3-1-4-8-23)24-9-5-2-6-10-24)46-30-16-15-26(19-29(30)39)43-20-27(22-11-13-25(38)14-12-22)34(44)28(21-43)35(40)45/h1-21H,(H2,40,45). The van der Waals surface area contributed by atoms with Crippen molar-refractivity contribution in [3.8, 4) is 28.3 Å². The molecule has 0 aliphatic carbocycles. The summed E-state index contributed by atoms with van der Waals surface area (Å²) in [5.41, 5.74) is 7.55. The normalized spacial score (nSPS) is 10.8. The largest absolute Gasteiger partial charge is 0.453 e. The molecule has 6 aromatic rings. The fraction of sp³-hybridized carbons (Fsp3) is 0. The average molecular weight is 633 g/mol. The van der Waals surface area contributed by atoms with E-state index in [1.165, 1.54) is 65.6 Å². The summed E-state index contributed by atoms with van der Waals surface area (Å²) in [7, 11) is 0. The molecule has 6 rings (SSSR count). The molecule has 0 saturated carbocycles. The van der Waals surface area contributed by atoms with E-state index in [0.717, 1.165) is 17.2 Å². The molecular formula is C36H23ClF2N4O3. The Labute approximate surface area is 266 Å². The molecule has 46 heavy (non-hydrogen) atoms. The highest BCUT2D eigenvalue weighted by Crippen LogP contribution is 2.37. The zero-order chi connectivity index (χ0) is 32.2. The van der Waals surface area contributed by atoms with Gasteiger partial charge in [-0.05, 0) is 29.8 Å². The van der Waals surface area contributed by atoms with Crippen molar-refractivity contribution in [2.24, 2.45) is 10.7 Å². The molecule has 0 fully saturated rings. The second-order valence-electron chi connectivity index (χ2n) is 10.0. The van der Waals surface area contributed by atoms with Gasteiger partial charge in [-0.2, -0.15) is 0 Å². The van der Waals surface area contributed by atoms with Gasteiger partial charge in [-0.1, -0.05) is 84.4 Å². The number of pyridine rings is 2. The van der Waals surface area contributed by atoms with E-state index in [4.69, 9.17) is 27.1 Å². The van der Waals surface area contributed by atoms with Crippen LogP contribution >= 0.6 is 11.6 Å². The first-order chi connectivity index (χ1) is 22.3. The monoisotopic (exact) mass is 632 g/mol. The van der Waals surface area contributed by atoms with Crippen LogP contribution < -0.4 is 15.9 Å². The molecule has 0 aliphatic rings. The van der Waals surface area contributed by atoms with Gasteiger partial charge in [-0.25, -0.2) is 18.8 Å². The van der Waals surface area contributed by atoms with Crippen molar-refractivity contribution < 1.29 is 18.3 Å². The summed E-state index contributed by atoms with van der Waals surface area (Å²) in [6.07, 6.45) is 4.09. The zero-order valence-corrected chi connectivity index (χ0v) is 24.7. The molecule has 0 aliphatic heterocycles. The van der Waals surface area contributed by atoms with E-state index in [0.29, 0.717) is 11.3 Å². The SMILES string of the molecule is NC(=O)c1cn(-c2ccc(Oc3ccnc(N=C(c4ccccc4)c4ccccc4)c3Cl)c(F)c2)cc(-c2ccc(F)cc2)c1=O. The van der Waals surface area contributed by atoms with Gasteiger partial charge >= 0.3 is 0 Å². The molecule has 0 radical (unpaired) electrons. The van der Waals surface area contributed by atoms with E-state index in [1.54, 1.807) is 0 Å². The molecule has 1 amide bonds. The highest BCUT2D eigenvalue weighted by molar-refractivity contribution is 6.34. The van der Waals surface area contributed by atoms with E-state index >= 15 is 4.39 Å². The van der Waals surface area contributed by atoms with Crippen LogP contribution in [-0.4, -0.2) is 21.2 Å². The molecule has 0 saturated heterocycles. The summed E-state index contributed by atoms with van der Waals surface area (Å²) in [6.45, 7) is 0. The topological polar surface area (TPSA) is 99.6 Å². The van der Waals surface area contributed by atoms with Crippen molar-refractivity contribution in [3.05, 3.63) is 171 Å². The lowest BCUT2D eigenvalue weighted by Gasteiger charge is -2.14. The maximum absolute atomic E-state index is 15.5. The van der Waals surface area contributed by atoms with Crippen molar-refractivity contribution in [2.75, 3.05) is 0 Å². The number of carbonyl (C=O) groups excluding carboxylic acids is 1. The number of hydrogen-bond acceptors (Lipinski definition) is 5. The summed E-state index contributed by atoms with van der Waals surface area (Å²) in [4.78, 5) is 34.1. The van der Waals surface area contributed by atoms with Gasteiger partial charge in [0.2, 0.25) is 5.43 Å². The van der Waals surface area contributed by atoms with Gasteiger partial charge in [0.05, 0.1) is 5.71 Å². The Balaban J connectivity index is 1.35. The lowest BCUT2D eigenvalue weighted by atomic mass is 10.0. The van der Waals surface area contributed by atoms with E-state index in [-0.39, 0.29) is 39.2 Å². The molecule has 2 N–H and O–H groups in total. The average Bonchev–Trinajstić information content (AvgIpc) is 3.07.